The van der Waals surface area contributed by atoms with Gasteiger partial charge in [0.2, 0.25) is 0 Å². The van der Waals surface area contributed by atoms with E-state index in [1.165, 1.54) is 12.8 Å². The first kappa shape index (κ1) is 25.5. The molecule has 8 nitrogen and oxygen atoms in total. The Morgan fingerprint density at radius 2 is 1.76 bits per heavy atom. The fraction of sp³-hybridized carbons (Fsp3) is 0.538. The standard InChI is InChI=1S/C26H37N5O3/c1-5-8-21(6-2)11-16-34-23-10-7-9-22(18-23)25(32)30-12-14-31(15-13-30)26(33)29-24-17-19(3)27-20(4)28-24/h7,9-10,17-18,21H,5-6,8,11-16H2,1-4H3,(H,27,28,29,33). The molecule has 0 spiro atoms. The summed E-state index contributed by atoms with van der Waals surface area (Å²) in [6.07, 6.45) is 4.61. The van der Waals surface area contributed by atoms with Crippen LogP contribution in [0.5, 0.6) is 5.75 Å². The highest BCUT2D eigenvalue weighted by Gasteiger charge is 2.25. The Morgan fingerprint density at radius 3 is 2.44 bits per heavy atom. The molecule has 0 radical (unpaired) electrons. The number of urea groups is 1. The molecule has 1 unspecified atom stereocenters. The normalized spacial score (nSPS) is 14.6. The number of piperazine rings is 1. The van der Waals surface area contributed by atoms with Gasteiger partial charge in [-0.05, 0) is 44.4 Å². The summed E-state index contributed by atoms with van der Waals surface area (Å²) in [6, 6.07) is 8.93. The molecule has 3 amide bonds. The van der Waals surface area contributed by atoms with Crippen molar-refractivity contribution in [2.24, 2.45) is 5.92 Å². The molecule has 3 rings (SSSR count). The highest BCUT2D eigenvalue weighted by atomic mass is 16.5. The molecule has 1 aromatic heterocycles. The van der Waals surface area contributed by atoms with Gasteiger partial charge in [0.1, 0.15) is 17.4 Å². The van der Waals surface area contributed by atoms with Crippen molar-refractivity contribution in [1.82, 2.24) is 19.8 Å². The number of amides is 3. The predicted molar refractivity (Wildman–Crippen MR) is 133 cm³/mol. The number of nitrogens with zero attached hydrogens (tertiary/aromatic N) is 4. The Bertz CT molecular complexity index is 952. The third kappa shape index (κ3) is 7.17. The van der Waals surface area contributed by atoms with Crippen LogP contribution in [-0.4, -0.2) is 64.5 Å². The molecule has 1 aliphatic heterocycles. The number of aromatic nitrogens is 2. The molecular weight excluding hydrogens is 430 g/mol. The molecular formula is C26H37N5O3. The molecule has 2 aromatic rings. The Labute approximate surface area is 202 Å². The maximum absolute atomic E-state index is 13.0. The van der Waals surface area contributed by atoms with Gasteiger partial charge in [-0.15, -0.1) is 0 Å². The number of hydrogen-bond acceptors (Lipinski definition) is 5. The summed E-state index contributed by atoms with van der Waals surface area (Å²) in [5.74, 6) is 2.48. The van der Waals surface area contributed by atoms with E-state index >= 15 is 0 Å². The molecule has 1 aliphatic rings. The van der Waals surface area contributed by atoms with Gasteiger partial charge in [-0.1, -0.05) is 39.2 Å². The number of carbonyl (C=O) groups excluding carboxylic acids is 2. The van der Waals surface area contributed by atoms with Crippen LogP contribution in [0.4, 0.5) is 10.6 Å². The summed E-state index contributed by atoms with van der Waals surface area (Å²) >= 11 is 0. The van der Waals surface area contributed by atoms with Crippen molar-refractivity contribution < 1.29 is 14.3 Å². The van der Waals surface area contributed by atoms with Crippen LogP contribution in [0, 0.1) is 19.8 Å². The number of hydrogen-bond donors (Lipinski definition) is 1. The SMILES string of the molecule is CCCC(CC)CCOc1cccc(C(=O)N2CCN(C(=O)Nc3cc(C)nc(C)n3)CC2)c1. The first-order chi connectivity index (χ1) is 16.4. The number of carbonyl (C=O) groups is 2. The van der Waals surface area contributed by atoms with Gasteiger partial charge in [0.25, 0.3) is 5.91 Å². The number of rotatable bonds is 9. The zero-order chi connectivity index (χ0) is 24.5. The largest absolute Gasteiger partial charge is 0.494 e. The Hall–Kier alpha value is -3.16. The van der Waals surface area contributed by atoms with E-state index in [0.29, 0.717) is 55.9 Å². The fourth-order valence-electron chi connectivity index (χ4n) is 4.29. The van der Waals surface area contributed by atoms with Crippen molar-refractivity contribution in [3.05, 3.63) is 47.4 Å². The second kappa shape index (κ2) is 12.3. The molecule has 1 fully saturated rings. The lowest BCUT2D eigenvalue weighted by molar-refractivity contribution is 0.0671. The van der Waals surface area contributed by atoms with Crippen LogP contribution in [0.25, 0.3) is 0 Å². The van der Waals surface area contributed by atoms with Crippen molar-refractivity contribution in [2.45, 2.75) is 53.4 Å². The van der Waals surface area contributed by atoms with E-state index in [1.807, 2.05) is 31.2 Å². The molecule has 1 atom stereocenters. The summed E-state index contributed by atoms with van der Waals surface area (Å²) in [4.78, 5) is 37.6. The topological polar surface area (TPSA) is 87.7 Å². The van der Waals surface area contributed by atoms with E-state index in [0.717, 1.165) is 24.3 Å². The van der Waals surface area contributed by atoms with Crippen molar-refractivity contribution in [2.75, 3.05) is 38.1 Å². The van der Waals surface area contributed by atoms with Crippen LogP contribution in [0.2, 0.25) is 0 Å². The minimum Gasteiger partial charge on any atom is -0.494 e. The molecule has 0 saturated carbocycles. The lowest BCUT2D eigenvalue weighted by atomic mass is 9.98. The third-order valence-electron chi connectivity index (χ3n) is 6.21. The van der Waals surface area contributed by atoms with Crippen LogP contribution < -0.4 is 10.1 Å². The van der Waals surface area contributed by atoms with Crippen molar-refractivity contribution in [1.29, 1.82) is 0 Å². The molecule has 184 valence electrons. The summed E-state index contributed by atoms with van der Waals surface area (Å²) in [7, 11) is 0. The van der Waals surface area contributed by atoms with Crippen molar-refractivity contribution >= 4 is 17.8 Å². The average molecular weight is 468 g/mol. The molecule has 34 heavy (non-hydrogen) atoms. The number of ether oxygens (including phenoxy) is 1. The zero-order valence-corrected chi connectivity index (χ0v) is 20.8. The monoisotopic (exact) mass is 467 g/mol. The van der Waals surface area contributed by atoms with Crippen molar-refractivity contribution in [3.8, 4) is 5.75 Å². The van der Waals surface area contributed by atoms with E-state index in [2.05, 4.69) is 29.1 Å². The van der Waals surface area contributed by atoms with Gasteiger partial charge in [0.05, 0.1) is 6.61 Å². The van der Waals surface area contributed by atoms with E-state index in [-0.39, 0.29) is 11.9 Å². The predicted octanol–water partition coefficient (Wildman–Crippen LogP) is 4.68. The van der Waals surface area contributed by atoms with Gasteiger partial charge in [0, 0.05) is 43.5 Å². The Kier molecular flexibility index (Phi) is 9.24. The highest BCUT2D eigenvalue weighted by molar-refractivity contribution is 5.95. The second-order valence-electron chi connectivity index (χ2n) is 8.88. The quantitative estimate of drug-likeness (QED) is 0.579. The van der Waals surface area contributed by atoms with Crippen LogP contribution in [0.1, 0.15) is 61.4 Å². The maximum Gasteiger partial charge on any atom is 0.323 e. The first-order valence-electron chi connectivity index (χ1n) is 12.3. The Balaban J connectivity index is 1.50. The molecule has 1 N–H and O–H groups in total. The van der Waals surface area contributed by atoms with E-state index in [4.69, 9.17) is 4.74 Å². The summed E-state index contributed by atoms with van der Waals surface area (Å²) < 4.78 is 5.94. The van der Waals surface area contributed by atoms with Crippen LogP contribution in [0.15, 0.2) is 30.3 Å². The summed E-state index contributed by atoms with van der Waals surface area (Å²) in [6.45, 7) is 10.6. The molecule has 1 saturated heterocycles. The number of benzene rings is 1. The molecule has 1 aromatic carbocycles. The van der Waals surface area contributed by atoms with E-state index < -0.39 is 0 Å². The third-order valence-corrected chi connectivity index (χ3v) is 6.21. The minimum atomic E-state index is -0.214. The second-order valence-corrected chi connectivity index (χ2v) is 8.88. The lowest BCUT2D eigenvalue weighted by Crippen LogP contribution is -2.51. The highest BCUT2D eigenvalue weighted by Crippen LogP contribution is 2.19. The minimum absolute atomic E-state index is 0.0371. The van der Waals surface area contributed by atoms with Gasteiger partial charge in [-0.2, -0.15) is 0 Å². The van der Waals surface area contributed by atoms with E-state index in [1.54, 1.807) is 22.8 Å². The van der Waals surface area contributed by atoms with Gasteiger partial charge >= 0.3 is 6.03 Å². The molecule has 2 heterocycles. The molecule has 0 bridgehead atoms. The van der Waals surface area contributed by atoms with Crippen LogP contribution >= 0.6 is 0 Å². The lowest BCUT2D eigenvalue weighted by Gasteiger charge is -2.34. The van der Waals surface area contributed by atoms with Gasteiger partial charge < -0.3 is 14.5 Å². The zero-order valence-electron chi connectivity index (χ0n) is 20.8. The average Bonchev–Trinajstić information content (AvgIpc) is 2.82. The van der Waals surface area contributed by atoms with Crippen molar-refractivity contribution in [3.63, 3.8) is 0 Å². The Morgan fingerprint density at radius 1 is 1.03 bits per heavy atom. The summed E-state index contributed by atoms with van der Waals surface area (Å²) in [5, 5.41) is 2.83. The fourth-order valence-corrected chi connectivity index (χ4v) is 4.29. The van der Waals surface area contributed by atoms with E-state index in [9.17, 15) is 9.59 Å². The smallest absolute Gasteiger partial charge is 0.323 e. The van der Waals surface area contributed by atoms with Gasteiger partial charge in [-0.25, -0.2) is 14.8 Å². The maximum atomic E-state index is 13.0. The van der Waals surface area contributed by atoms with Crippen LogP contribution in [-0.2, 0) is 0 Å². The summed E-state index contributed by atoms with van der Waals surface area (Å²) in [5.41, 5.74) is 1.42. The van der Waals surface area contributed by atoms with Crippen LogP contribution in [0.3, 0.4) is 0 Å². The van der Waals surface area contributed by atoms with Gasteiger partial charge in [0.15, 0.2) is 0 Å². The number of nitrogens with one attached hydrogen (secondary N) is 1. The van der Waals surface area contributed by atoms with Gasteiger partial charge in [-0.3, -0.25) is 10.1 Å². The number of anilines is 1. The molecule has 8 heteroatoms. The molecule has 0 aliphatic carbocycles. The number of aryl methyl sites for hydroxylation is 2. The first-order valence-corrected chi connectivity index (χ1v) is 12.3.